The average Bonchev–Trinajstić information content (AvgIpc) is 2.44. The topological polar surface area (TPSA) is 117 Å². The van der Waals surface area contributed by atoms with Gasteiger partial charge in [-0.05, 0) is 20.8 Å². The van der Waals surface area contributed by atoms with Gasteiger partial charge in [0.15, 0.2) is 12.1 Å². The highest BCUT2D eigenvalue weighted by Gasteiger charge is 2.37. The number of esters is 3. The highest BCUT2D eigenvalue weighted by molar-refractivity contribution is 6.67. The van der Waals surface area contributed by atoms with Crippen LogP contribution in [0.5, 0.6) is 0 Å². The average molecular weight is 451 g/mol. The lowest BCUT2D eigenvalue weighted by Gasteiger charge is -2.29. The lowest BCUT2D eigenvalue weighted by molar-refractivity contribution is -0.170. The Kier molecular flexibility index (Phi) is 10.2. The number of alkyl halides is 3. The van der Waals surface area contributed by atoms with Crippen LogP contribution in [-0.2, 0) is 33.3 Å². The van der Waals surface area contributed by atoms with Gasteiger partial charge in [-0.15, -0.1) is 0 Å². The number of hydrogen-bond acceptors (Lipinski definition) is 8. The second kappa shape index (κ2) is 10.8. The molecule has 0 radical (unpaired) electrons. The number of carbonyl (C=O) groups excluding carboxylic acids is 4. The minimum Gasteiger partial charge on any atom is -0.462 e. The molecule has 0 aliphatic heterocycles. The van der Waals surface area contributed by atoms with Crippen molar-refractivity contribution >= 4 is 58.8 Å². The third-order valence-corrected chi connectivity index (χ3v) is 2.77. The van der Waals surface area contributed by atoms with Gasteiger partial charge in [-0.2, -0.15) is 0 Å². The molecule has 0 fully saturated rings. The van der Waals surface area contributed by atoms with E-state index >= 15 is 0 Å². The third-order valence-electron chi connectivity index (χ3n) is 2.44. The van der Waals surface area contributed by atoms with E-state index in [9.17, 15) is 19.2 Å². The van der Waals surface area contributed by atoms with Crippen LogP contribution in [0.2, 0.25) is 0 Å². The van der Waals surface area contributed by atoms with Crippen molar-refractivity contribution in [3.05, 3.63) is 0 Å². The highest BCUT2D eigenvalue weighted by Crippen LogP contribution is 2.26. The van der Waals surface area contributed by atoms with E-state index in [-0.39, 0.29) is 0 Å². The number of carbonyl (C=O) groups is 4. The van der Waals surface area contributed by atoms with Crippen molar-refractivity contribution in [1.29, 1.82) is 0 Å². The first-order chi connectivity index (χ1) is 12.1. The van der Waals surface area contributed by atoms with Gasteiger partial charge in [0, 0.05) is 13.8 Å². The van der Waals surface area contributed by atoms with Crippen molar-refractivity contribution in [3.63, 3.8) is 0 Å². The van der Waals surface area contributed by atoms with Crippen LogP contribution in [0.4, 0.5) is 4.79 Å². The predicted molar refractivity (Wildman–Crippen MR) is 96.6 cm³/mol. The van der Waals surface area contributed by atoms with Crippen LogP contribution in [0.1, 0.15) is 34.6 Å². The summed E-state index contributed by atoms with van der Waals surface area (Å²) in [5.74, 6) is -2.42. The quantitative estimate of drug-likeness (QED) is 0.357. The normalized spacial score (nSPS) is 13.8. The van der Waals surface area contributed by atoms with Crippen molar-refractivity contribution in [2.75, 3.05) is 13.2 Å². The molecule has 0 aromatic carbocycles. The number of ether oxygens (including phenoxy) is 4. The first-order valence-electron chi connectivity index (χ1n) is 7.64. The minimum atomic E-state index is -1.87. The van der Waals surface area contributed by atoms with Crippen LogP contribution in [0.15, 0.2) is 0 Å². The summed E-state index contributed by atoms with van der Waals surface area (Å²) >= 11 is 16.5. The van der Waals surface area contributed by atoms with Crippen molar-refractivity contribution in [3.8, 4) is 0 Å². The fourth-order valence-electron chi connectivity index (χ4n) is 1.60. The van der Waals surface area contributed by atoms with E-state index in [2.05, 4.69) is 5.32 Å². The van der Waals surface area contributed by atoms with E-state index in [1.165, 1.54) is 0 Å². The molecule has 0 aromatic rings. The molecule has 0 rings (SSSR count). The standard InChI is InChI=1S/C15H22Cl3NO8/c1-8(20)24-6-10(26-9(2)21)11(12(22)27-14(3,4)5)19-13(23)25-7-15(16,17)18/h10-11H,6-7H2,1-5H3,(H,19,23)/t10-,11-/m0/s1. The summed E-state index contributed by atoms with van der Waals surface area (Å²) in [6.45, 7) is 5.86. The van der Waals surface area contributed by atoms with Gasteiger partial charge in [-0.1, -0.05) is 34.8 Å². The smallest absolute Gasteiger partial charge is 0.408 e. The monoisotopic (exact) mass is 449 g/mol. The van der Waals surface area contributed by atoms with Crippen LogP contribution in [0.25, 0.3) is 0 Å². The predicted octanol–water partition coefficient (Wildman–Crippen LogP) is 2.29. The number of amides is 1. The van der Waals surface area contributed by atoms with E-state index in [1.54, 1.807) is 20.8 Å². The van der Waals surface area contributed by atoms with Crippen LogP contribution in [0.3, 0.4) is 0 Å². The summed E-state index contributed by atoms with van der Waals surface area (Å²) in [6, 6.07) is -1.55. The zero-order valence-electron chi connectivity index (χ0n) is 15.5. The maximum absolute atomic E-state index is 12.5. The molecule has 0 aliphatic carbocycles. The van der Waals surface area contributed by atoms with E-state index in [0.29, 0.717) is 0 Å². The van der Waals surface area contributed by atoms with Gasteiger partial charge >= 0.3 is 24.0 Å². The largest absolute Gasteiger partial charge is 0.462 e. The summed E-state index contributed by atoms with van der Waals surface area (Å²) < 4.78 is 17.8. The van der Waals surface area contributed by atoms with E-state index < -0.39 is 58.8 Å². The van der Waals surface area contributed by atoms with Crippen molar-refractivity contribution in [2.24, 2.45) is 0 Å². The Morgan fingerprint density at radius 2 is 1.52 bits per heavy atom. The van der Waals surface area contributed by atoms with Crippen molar-refractivity contribution in [1.82, 2.24) is 5.32 Å². The molecule has 0 unspecified atom stereocenters. The second-order valence-corrected chi connectivity index (χ2v) is 8.81. The molecule has 1 amide bonds. The Labute approximate surface area is 171 Å². The summed E-state index contributed by atoms with van der Waals surface area (Å²) in [5, 5.41) is 2.16. The minimum absolute atomic E-state index is 0.510. The van der Waals surface area contributed by atoms with E-state index in [0.717, 1.165) is 13.8 Å². The van der Waals surface area contributed by atoms with Crippen LogP contribution >= 0.6 is 34.8 Å². The Morgan fingerprint density at radius 3 is 1.93 bits per heavy atom. The highest BCUT2D eigenvalue weighted by atomic mass is 35.6. The molecule has 0 saturated carbocycles. The summed E-state index contributed by atoms with van der Waals surface area (Å²) in [7, 11) is 0. The van der Waals surface area contributed by atoms with Gasteiger partial charge in [0.05, 0.1) is 0 Å². The number of nitrogens with one attached hydrogen (secondary N) is 1. The molecular formula is C15H22Cl3NO8. The lowest BCUT2D eigenvalue weighted by atomic mass is 10.1. The molecule has 0 heterocycles. The molecule has 0 spiro atoms. The fourth-order valence-corrected chi connectivity index (χ4v) is 1.76. The van der Waals surface area contributed by atoms with Crippen molar-refractivity contribution < 1.29 is 38.1 Å². The van der Waals surface area contributed by atoms with Gasteiger partial charge in [-0.3, -0.25) is 9.59 Å². The number of alkyl carbamates (subject to hydrolysis) is 1. The Morgan fingerprint density at radius 1 is 0.963 bits per heavy atom. The van der Waals surface area contributed by atoms with E-state index in [1.807, 2.05) is 0 Å². The third kappa shape index (κ3) is 13.4. The molecule has 156 valence electrons. The molecule has 0 aliphatic rings. The van der Waals surface area contributed by atoms with Crippen molar-refractivity contribution in [2.45, 2.75) is 56.2 Å². The van der Waals surface area contributed by atoms with Gasteiger partial charge in [0.25, 0.3) is 0 Å². The summed E-state index contributed by atoms with van der Waals surface area (Å²) in [4.78, 5) is 46.8. The maximum Gasteiger partial charge on any atom is 0.408 e. The summed E-state index contributed by atoms with van der Waals surface area (Å²) in [6.07, 6.45) is -2.52. The Bertz CT molecular complexity index is 556. The van der Waals surface area contributed by atoms with Gasteiger partial charge in [0.2, 0.25) is 3.79 Å². The molecule has 27 heavy (non-hydrogen) atoms. The zero-order chi connectivity index (χ0) is 21.4. The van der Waals surface area contributed by atoms with Crippen LogP contribution in [0, 0.1) is 0 Å². The fraction of sp³-hybridized carbons (Fsp3) is 0.733. The van der Waals surface area contributed by atoms with Gasteiger partial charge in [-0.25, -0.2) is 9.59 Å². The molecule has 12 heteroatoms. The number of hydrogen-bond donors (Lipinski definition) is 1. The lowest BCUT2D eigenvalue weighted by Crippen LogP contribution is -2.54. The number of rotatable bonds is 7. The molecule has 0 aromatic heterocycles. The Hall–Kier alpha value is -1.45. The molecule has 1 N–H and O–H groups in total. The summed E-state index contributed by atoms with van der Waals surface area (Å²) in [5.41, 5.74) is -0.916. The maximum atomic E-state index is 12.5. The molecule has 9 nitrogen and oxygen atoms in total. The van der Waals surface area contributed by atoms with E-state index in [4.69, 9.17) is 53.8 Å². The van der Waals surface area contributed by atoms with Gasteiger partial charge < -0.3 is 24.3 Å². The Balaban J connectivity index is 5.43. The molecule has 2 atom stereocenters. The zero-order valence-corrected chi connectivity index (χ0v) is 17.7. The van der Waals surface area contributed by atoms with Gasteiger partial charge in [0.1, 0.15) is 18.8 Å². The van der Waals surface area contributed by atoms with Crippen LogP contribution < -0.4 is 5.32 Å². The first-order valence-corrected chi connectivity index (χ1v) is 8.77. The SMILES string of the molecule is CC(=O)OC[C@H](OC(C)=O)[C@H](NC(=O)OCC(Cl)(Cl)Cl)C(=O)OC(C)(C)C. The molecule has 0 bridgehead atoms. The second-order valence-electron chi connectivity index (χ2n) is 6.30. The molecular weight excluding hydrogens is 429 g/mol. The van der Waals surface area contributed by atoms with Crippen LogP contribution in [-0.4, -0.2) is 58.8 Å². The number of halogens is 3. The first kappa shape index (κ1) is 25.6. The molecule has 0 saturated heterocycles.